The van der Waals surface area contributed by atoms with Gasteiger partial charge in [-0.1, -0.05) is 11.6 Å². The van der Waals surface area contributed by atoms with Gasteiger partial charge in [-0.15, -0.1) is 0 Å². The van der Waals surface area contributed by atoms with Crippen molar-refractivity contribution in [3.63, 3.8) is 0 Å². The molecule has 0 amide bonds. The number of aliphatic carboxylic acids is 1. The molecule has 0 unspecified atom stereocenters. The highest BCUT2D eigenvalue weighted by molar-refractivity contribution is 9.10. The van der Waals surface area contributed by atoms with Gasteiger partial charge >= 0.3 is 5.97 Å². The lowest BCUT2D eigenvalue weighted by molar-refractivity contribution is -0.136. The third-order valence-corrected chi connectivity index (χ3v) is 2.57. The lowest BCUT2D eigenvalue weighted by atomic mass is 10.2. The largest absolute Gasteiger partial charge is 0.481 e. The summed E-state index contributed by atoms with van der Waals surface area (Å²) in [6.07, 6.45) is -3.11. The summed E-state index contributed by atoms with van der Waals surface area (Å²) in [6.45, 7) is 0. The van der Waals surface area contributed by atoms with E-state index in [0.717, 1.165) is 6.07 Å². The van der Waals surface area contributed by atoms with Crippen LogP contribution in [0.1, 0.15) is 17.7 Å². The van der Waals surface area contributed by atoms with Crippen molar-refractivity contribution in [3.8, 4) is 0 Å². The fourth-order valence-electron chi connectivity index (χ4n) is 0.936. The minimum Gasteiger partial charge on any atom is -0.481 e. The Bertz CT molecular complexity index is 400. The van der Waals surface area contributed by atoms with E-state index in [1.165, 1.54) is 0 Å². The molecule has 0 radical (unpaired) electrons. The van der Waals surface area contributed by atoms with Gasteiger partial charge in [0.2, 0.25) is 0 Å². The van der Waals surface area contributed by atoms with Crippen LogP contribution in [0.3, 0.4) is 0 Å². The van der Waals surface area contributed by atoms with Gasteiger partial charge in [-0.3, -0.25) is 4.79 Å². The molecule has 0 aliphatic carbocycles. The summed E-state index contributed by atoms with van der Waals surface area (Å²) in [7, 11) is 0. The van der Waals surface area contributed by atoms with Gasteiger partial charge in [-0.25, -0.2) is 13.8 Å². The number of carboxylic acids is 1. The highest BCUT2D eigenvalue weighted by Crippen LogP contribution is 2.29. The molecule has 7 heteroatoms. The molecule has 15 heavy (non-hydrogen) atoms. The number of rotatable bonds is 3. The molecule has 0 aliphatic heterocycles. The van der Waals surface area contributed by atoms with Crippen LogP contribution in [-0.4, -0.2) is 16.1 Å². The molecule has 0 fully saturated rings. The van der Waals surface area contributed by atoms with Crippen molar-refractivity contribution >= 4 is 33.5 Å². The van der Waals surface area contributed by atoms with E-state index in [0.29, 0.717) is 0 Å². The fraction of sp³-hybridized carbons (Fsp3) is 0.250. The topological polar surface area (TPSA) is 50.2 Å². The Morgan fingerprint density at radius 3 is 2.73 bits per heavy atom. The van der Waals surface area contributed by atoms with E-state index in [9.17, 15) is 13.6 Å². The molecule has 0 saturated carbocycles. The Labute approximate surface area is 97.2 Å². The van der Waals surface area contributed by atoms with Gasteiger partial charge in [0, 0.05) is 4.47 Å². The smallest absolute Gasteiger partial charge is 0.309 e. The number of pyridine rings is 1. The number of hydrogen-bond acceptors (Lipinski definition) is 2. The Morgan fingerprint density at radius 2 is 2.27 bits per heavy atom. The Balaban J connectivity index is 3.13. The van der Waals surface area contributed by atoms with Crippen molar-refractivity contribution in [1.29, 1.82) is 0 Å². The Morgan fingerprint density at radius 1 is 1.67 bits per heavy atom. The lowest BCUT2D eigenvalue weighted by Gasteiger charge is -2.06. The molecular formula is C8H5BrClF2NO2. The maximum Gasteiger partial charge on any atom is 0.309 e. The summed E-state index contributed by atoms with van der Waals surface area (Å²) in [4.78, 5) is 14.0. The molecule has 0 spiro atoms. The quantitative estimate of drug-likeness (QED) is 0.873. The molecule has 0 atom stereocenters. The van der Waals surface area contributed by atoms with Gasteiger partial charge < -0.3 is 5.11 Å². The van der Waals surface area contributed by atoms with Gasteiger partial charge in [0.05, 0.1) is 17.7 Å². The van der Waals surface area contributed by atoms with Gasteiger partial charge in [-0.05, 0) is 22.0 Å². The van der Waals surface area contributed by atoms with Crippen molar-refractivity contribution in [2.75, 3.05) is 0 Å². The Kier molecular flexibility index (Phi) is 3.98. The van der Waals surface area contributed by atoms with Crippen molar-refractivity contribution in [2.24, 2.45) is 0 Å². The summed E-state index contributed by atoms with van der Waals surface area (Å²) in [5.41, 5.74) is -0.297. The number of alkyl halides is 2. The zero-order valence-electron chi connectivity index (χ0n) is 7.18. The first-order valence-corrected chi connectivity index (χ1v) is 4.93. The van der Waals surface area contributed by atoms with Crippen molar-refractivity contribution in [3.05, 3.63) is 26.9 Å². The molecule has 1 aromatic rings. The summed E-state index contributed by atoms with van der Waals surface area (Å²) in [6, 6.07) is 1.08. The predicted molar refractivity (Wildman–Crippen MR) is 53.2 cm³/mol. The molecule has 1 rings (SSSR count). The predicted octanol–water partition coefficient (Wildman–Crippen LogP) is 3.06. The van der Waals surface area contributed by atoms with Gasteiger partial charge in [0.15, 0.2) is 0 Å². The molecule has 1 aromatic heterocycles. The van der Waals surface area contributed by atoms with Crippen LogP contribution in [0, 0.1) is 0 Å². The minimum absolute atomic E-state index is 0.122. The number of aromatic nitrogens is 1. The van der Waals surface area contributed by atoms with E-state index >= 15 is 0 Å². The summed E-state index contributed by atoms with van der Waals surface area (Å²) >= 11 is 8.44. The summed E-state index contributed by atoms with van der Waals surface area (Å²) < 4.78 is 24.9. The molecule has 3 nitrogen and oxygen atoms in total. The van der Waals surface area contributed by atoms with Crippen LogP contribution in [0.2, 0.25) is 5.15 Å². The molecule has 1 heterocycles. The average molecular weight is 300 g/mol. The van der Waals surface area contributed by atoms with Crippen LogP contribution in [-0.2, 0) is 11.2 Å². The second-order valence-electron chi connectivity index (χ2n) is 2.67. The number of carboxylic acid groups (broad SMARTS) is 1. The van der Waals surface area contributed by atoms with Crippen molar-refractivity contribution in [2.45, 2.75) is 12.8 Å². The second kappa shape index (κ2) is 4.85. The van der Waals surface area contributed by atoms with Crippen LogP contribution in [0.15, 0.2) is 10.5 Å². The third-order valence-electron chi connectivity index (χ3n) is 1.58. The highest BCUT2D eigenvalue weighted by Gasteiger charge is 2.17. The molecule has 0 aliphatic rings. The van der Waals surface area contributed by atoms with Crippen molar-refractivity contribution in [1.82, 2.24) is 4.98 Å². The normalized spacial score (nSPS) is 10.7. The molecular weight excluding hydrogens is 295 g/mol. The zero-order valence-corrected chi connectivity index (χ0v) is 9.52. The molecule has 0 bridgehead atoms. The van der Waals surface area contributed by atoms with Crippen LogP contribution in [0.25, 0.3) is 0 Å². The van der Waals surface area contributed by atoms with Crippen LogP contribution in [0.4, 0.5) is 8.78 Å². The van der Waals surface area contributed by atoms with E-state index in [2.05, 4.69) is 20.9 Å². The lowest BCUT2D eigenvalue weighted by Crippen LogP contribution is -2.04. The fourth-order valence-corrected chi connectivity index (χ4v) is 1.65. The number of carbonyl (C=O) groups is 1. The third kappa shape index (κ3) is 3.10. The number of halogens is 4. The second-order valence-corrected chi connectivity index (χ2v) is 3.88. The summed E-state index contributed by atoms with van der Waals surface area (Å²) in [5.74, 6) is -1.11. The zero-order chi connectivity index (χ0) is 11.6. The SMILES string of the molecule is O=C(O)Cc1nc(Cl)c(C(F)F)cc1Br. The molecule has 0 saturated heterocycles. The average Bonchev–Trinajstić information content (AvgIpc) is 2.09. The van der Waals surface area contributed by atoms with Crippen LogP contribution < -0.4 is 0 Å². The number of hydrogen-bond donors (Lipinski definition) is 1. The first-order chi connectivity index (χ1) is 6.91. The van der Waals surface area contributed by atoms with Crippen LogP contribution >= 0.6 is 27.5 Å². The first kappa shape index (κ1) is 12.3. The molecule has 1 N–H and O–H groups in total. The maximum atomic E-state index is 12.3. The van der Waals surface area contributed by atoms with E-state index in [-0.39, 0.29) is 21.7 Å². The standard InChI is InChI=1S/C8H5BrClF2NO2/c9-4-1-3(8(11)12)7(10)13-5(4)2-6(14)15/h1,8H,2H2,(H,14,15). The molecule has 82 valence electrons. The number of nitrogens with zero attached hydrogens (tertiary/aromatic N) is 1. The van der Waals surface area contributed by atoms with Crippen molar-refractivity contribution < 1.29 is 18.7 Å². The van der Waals surface area contributed by atoms with Crippen LogP contribution in [0.5, 0.6) is 0 Å². The summed E-state index contributed by atoms with van der Waals surface area (Å²) in [5, 5.41) is 8.14. The van der Waals surface area contributed by atoms with Gasteiger partial charge in [0.25, 0.3) is 6.43 Å². The monoisotopic (exact) mass is 299 g/mol. The van der Waals surface area contributed by atoms with Gasteiger partial charge in [-0.2, -0.15) is 0 Å². The van der Waals surface area contributed by atoms with E-state index in [1.54, 1.807) is 0 Å². The van der Waals surface area contributed by atoms with Gasteiger partial charge in [0.1, 0.15) is 5.15 Å². The van der Waals surface area contributed by atoms with E-state index in [4.69, 9.17) is 16.7 Å². The maximum absolute atomic E-state index is 12.3. The first-order valence-electron chi connectivity index (χ1n) is 3.76. The van der Waals surface area contributed by atoms with E-state index < -0.39 is 18.0 Å². The van der Waals surface area contributed by atoms with E-state index in [1.807, 2.05) is 0 Å². The highest BCUT2D eigenvalue weighted by atomic mass is 79.9. The molecule has 0 aromatic carbocycles. The Hall–Kier alpha value is -0.750. The minimum atomic E-state index is -2.74.